The molecule has 0 aliphatic rings. The van der Waals surface area contributed by atoms with Crippen molar-refractivity contribution in [3.8, 4) is 22.5 Å². The zero-order valence-corrected chi connectivity index (χ0v) is 50.6. The lowest BCUT2D eigenvalue weighted by Crippen LogP contribution is -2.42. The van der Waals surface area contributed by atoms with E-state index in [4.69, 9.17) is 26.6 Å². The van der Waals surface area contributed by atoms with Gasteiger partial charge in [0.25, 0.3) is 0 Å². The molecule has 0 bridgehead atoms. The van der Waals surface area contributed by atoms with E-state index >= 15 is 0 Å². The molecule has 10 nitrogen and oxygen atoms in total. The molecule has 0 aliphatic heterocycles. The number of nitrogens with zero attached hydrogens (tertiary/aromatic N) is 4. The van der Waals surface area contributed by atoms with Gasteiger partial charge in [-0.1, -0.05) is 121 Å². The first-order valence-electron chi connectivity index (χ1n) is 29.2. The number of aromatic nitrogens is 2. The first kappa shape index (κ1) is 56.1. The predicted octanol–water partition coefficient (Wildman–Crippen LogP) is 18.8. The standard InChI is InChI=1S/C72H70N4O6Si2/c1-7-77-83(5,78-8-2)81-51-53-29-37-61(38-30-53)75-69-27-19-17-25-65(69)67-49-63(45-47-71(67)75)73(57-21-13-11-14-22-57)59-41-33-55(34-42-59)56-35-43-60(44-36-56)74(58-23-15-12-16-24-58)64-46-48-72-68(50-64)66-26-18-20-28-70(66)76(72)62-39-31-54(32-40-62)52-82-84(6,79-9-3)80-10-4/h11-50H,7-10,51-52H2,1-6H3. The van der Waals surface area contributed by atoms with E-state index in [1.807, 2.05) is 40.8 Å². The maximum Gasteiger partial charge on any atom is 0.497 e. The molecule has 0 spiro atoms. The molecule has 2 aromatic heterocycles. The number of para-hydroxylation sites is 4. The second-order valence-corrected chi connectivity index (χ2v) is 26.1. The number of hydrogen-bond acceptors (Lipinski definition) is 8. The van der Waals surface area contributed by atoms with Gasteiger partial charge in [0.2, 0.25) is 0 Å². The monoisotopic (exact) mass is 1140 g/mol. The fourth-order valence-corrected chi connectivity index (χ4v) is 15.1. The van der Waals surface area contributed by atoms with Gasteiger partial charge >= 0.3 is 17.6 Å². The minimum atomic E-state index is -2.72. The van der Waals surface area contributed by atoms with Crippen LogP contribution >= 0.6 is 0 Å². The molecule has 12 heteroatoms. The van der Waals surface area contributed by atoms with Crippen LogP contribution in [-0.2, 0) is 39.8 Å². The molecule has 0 atom stereocenters. The highest BCUT2D eigenvalue weighted by atomic mass is 28.4. The van der Waals surface area contributed by atoms with Crippen LogP contribution in [0.2, 0.25) is 13.1 Å². The molecule has 84 heavy (non-hydrogen) atoms. The van der Waals surface area contributed by atoms with Crippen LogP contribution in [0.1, 0.15) is 38.8 Å². The molecule has 0 fully saturated rings. The average Bonchev–Trinajstić information content (AvgIpc) is 4.16. The van der Waals surface area contributed by atoms with Gasteiger partial charge in [0.15, 0.2) is 0 Å². The molecule has 12 rings (SSSR count). The maximum atomic E-state index is 6.27. The molecule has 12 aromatic rings. The highest BCUT2D eigenvalue weighted by molar-refractivity contribution is 6.59. The smallest absolute Gasteiger partial charge is 0.374 e. The molecular weight excluding hydrogens is 1070 g/mol. The summed E-state index contributed by atoms with van der Waals surface area (Å²) in [6.45, 7) is 14.9. The number of rotatable bonds is 23. The summed E-state index contributed by atoms with van der Waals surface area (Å²) in [6, 6.07) is 87.4. The van der Waals surface area contributed by atoms with E-state index in [2.05, 4.69) is 262 Å². The largest absolute Gasteiger partial charge is 0.497 e. The Morgan fingerprint density at radius 1 is 0.298 bits per heavy atom. The lowest BCUT2D eigenvalue weighted by Gasteiger charge is -2.26. The quantitative estimate of drug-likeness (QED) is 0.0587. The highest BCUT2D eigenvalue weighted by Crippen LogP contribution is 2.43. The number of hydrogen-bond donors (Lipinski definition) is 0. The Morgan fingerprint density at radius 3 is 0.964 bits per heavy atom. The summed E-state index contributed by atoms with van der Waals surface area (Å²) in [5.41, 5.74) is 17.5. The van der Waals surface area contributed by atoms with Gasteiger partial charge in [0.1, 0.15) is 0 Å². The van der Waals surface area contributed by atoms with E-state index in [1.165, 1.54) is 21.5 Å². The second kappa shape index (κ2) is 24.8. The van der Waals surface area contributed by atoms with Gasteiger partial charge in [-0.2, -0.15) is 0 Å². The van der Waals surface area contributed by atoms with Crippen LogP contribution in [-0.4, -0.2) is 53.2 Å². The molecule has 0 aliphatic carbocycles. The Hall–Kier alpha value is -8.41. The van der Waals surface area contributed by atoms with Crippen molar-refractivity contribution in [2.45, 2.75) is 54.0 Å². The van der Waals surface area contributed by atoms with Crippen molar-refractivity contribution in [1.29, 1.82) is 0 Å². The SMILES string of the molecule is CCO[Si](C)(OCC)OCc1ccc(-n2c3ccccc3c3cc(N(c4ccccc4)c4ccc(-c5ccc(N(c6ccccc6)c6ccc7c(c6)c6ccccc6n7-c6ccc(CO[Si](C)(OCC)OCC)cc6)cc5)cc4)ccc32)cc1. The van der Waals surface area contributed by atoms with Crippen molar-refractivity contribution < 1.29 is 26.6 Å². The average molecular weight is 1140 g/mol. The van der Waals surface area contributed by atoms with Crippen molar-refractivity contribution in [3.05, 3.63) is 254 Å². The third-order valence-corrected chi connectivity index (χ3v) is 20.0. The van der Waals surface area contributed by atoms with E-state index in [-0.39, 0.29) is 0 Å². The van der Waals surface area contributed by atoms with Gasteiger partial charge < -0.3 is 45.5 Å². The molecule has 0 N–H and O–H groups in total. The third kappa shape index (κ3) is 11.5. The van der Waals surface area contributed by atoms with Crippen molar-refractivity contribution in [2.24, 2.45) is 0 Å². The van der Waals surface area contributed by atoms with E-state index in [1.54, 1.807) is 0 Å². The first-order chi connectivity index (χ1) is 41.2. The number of anilines is 6. The molecule has 2 heterocycles. The lowest BCUT2D eigenvalue weighted by molar-refractivity contribution is 0.0672. The summed E-state index contributed by atoms with van der Waals surface area (Å²) in [5.74, 6) is 0. The van der Waals surface area contributed by atoms with Gasteiger partial charge in [-0.15, -0.1) is 0 Å². The van der Waals surface area contributed by atoms with Crippen LogP contribution in [0.3, 0.4) is 0 Å². The second-order valence-electron chi connectivity index (χ2n) is 20.9. The van der Waals surface area contributed by atoms with E-state index in [0.717, 1.165) is 89.8 Å². The zero-order valence-electron chi connectivity index (χ0n) is 48.6. The van der Waals surface area contributed by atoms with Crippen molar-refractivity contribution in [1.82, 2.24) is 9.13 Å². The Labute approximate surface area is 494 Å². The molecule has 0 radical (unpaired) electrons. The number of benzene rings is 10. The van der Waals surface area contributed by atoms with Gasteiger partial charge in [0.05, 0.1) is 35.3 Å². The number of fused-ring (bicyclic) bond motifs is 6. The molecule has 10 aromatic carbocycles. The lowest BCUT2D eigenvalue weighted by atomic mass is 10.0. The summed E-state index contributed by atoms with van der Waals surface area (Å²) in [4.78, 5) is 4.69. The fraction of sp³-hybridized carbons (Fsp3) is 0.167. The summed E-state index contributed by atoms with van der Waals surface area (Å²) < 4.78 is 41.0. The summed E-state index contributed by atoms with van der Waals surface area (Å²) >= 11 is 0. The Balaban J connectivity index is 0.827. The Morgan fingerprint density at radius 2 is 0.607 bits per heavy atom. The van der Waals surface area contributed by atoms with Gasteiger partial charge in [-0.25, -0.2) is 0 Å². The van der Waals surface area contributed by atoms with Crippen LogP contribution in [0.15, 0.2) is 243 Å². The van der Waals surface area contributed by atoms with Crippen LogP contribution in [0.25, 0.3) is 66.1 Å². The molecule has 0 amide bonds. The van der Waals surface area contributed by atoms with E-state index < -0.39 is 17.6 Å². The molecular formula is C72H70N4O6Si2. The predicted molar refractivity (Wildman–Crippen MR) is 349 cm³/mol. The van der Waals surface area contributed by atoms with Crippen LogP contribution in [0.5, 0.6) is 0 Å². The third-order valence-electron chi connectivity index (χ3n) is 15.5. The molecule has 0 saturated carbocycles. The Kier molecular flexibility index (Phi) is 16.6. The van der Waals surface area contributed by atoms with E-state index in [0.29, 0.717) is 39.6 Å². The highest BCUT2D eigenvalue weighted by Gasteiger charge is 2.35. The zero-order chi connectivity index (χ0) is 57.6. The fourth-order valence-electron chi connectivity index (χ4n) is 11.6. The minimum absolute atomic E-state index is 0.422. The van der Waals surface area contributed by atoms with Crippen LogP contribution in [0.4, 0.5) is 34.1 Å². The summed E-state index contributed by atoms with van der Waals surface area (Å²) in [5, 5.41) is 4.73. The van der Waals surface area contributed by atoms with Gasteiger partial charge in [0, 0.05) is 107 Å². The molecule has 0 saturated heterocycles. The topological polar surface area (TPSA) is 71.7 Å². The minimum Gasteiger partial charge on any atom is -0.374 e. The normalized spacial score (nSPS) is 12.0. The van der Waals surface area contributed by atoms with E-state index in [9.17, 15) is 0 Å². The van der Waals surface area contributed by atoms with Crippen molar-refractivity contribution >= 4 is 95.3 Å². The van der Waals surface area contributed by atoms with Crippen LogP contribution in [0, 0.1) is 0 Å². The van der Waals surface area contributed by atoms with Crippen LogP contribution < -0.4 is 9.80 Å². The Bertz CT molecular complexity index is 3890. The maximum absolute atomic E-state index is 6.27. The van der Waals surface area contributed by atoms with Gasteiger partial charge in [-0.05, 0) is 171 Å². The molecule has 0 unspecified atom stereocenters. The van der Waals surface area contributed by atoms with Gasteiger partial charge in [-0.3, -0.25) is 0 Å². The van der Waals surface area contributed by atoms with Crippen molar-refractivity contribution in [2.75, 3.05) is 36.2 Å². The summed E-state index contributed by atoms with van der Waals surface area (Å²) in [6.07, 6.45) is 0. The molecule has 422 valence electrons. The first-order valence-corrected chi connectivity index (χ1v) is 33.6. The van der Waals surface area contributed by atoms with Crippen molar-refractivity contribution in [3.63, 3.8) is 0 Å². The summed E-state index contributed by atoms with van der Waals surface area (Å²) in [7, 11) is -5.44.